The number of carbonyl (C=O) groups is 14. The fourth-order valence-electron chi connectivity index (χ4n) is 12.5. The van der Waals surface area contributed by atoms with Gasteiger partial charge in [-0.25, -0.2) is 0 Å². The number of hydrogen-bond donors (Lipinski definition) is 17. The number of pyridine rings is 1. The maximum Gasteiger partial charge on any atom is 0.269 e. The molecule has 1 aliphatic heterocycles. The molecule has 13 amide bonds. The Labute approximate surface area is 642 Å². The summed E-state index contributed by atoms with van der Waals surface area (Å²) in [7, 11) is 0. The predicted molar refractivity (Wildman–Crippen MR) is 411 cm³/mol. The standard InChI is InChI=1S/C77H101N19O15/c1-42(2)33-58(68(103)88-57(18-11-12-31-82-43(3)4)75(110)96-32-14-19-64(96)74(109)84-44(5)67(79)102)89-69(104)59(35-48-21-26-54(27-22-48)85-45(6)98)90-70(105)60(36-49-23-28-55(29-24-49)86-46(7)99)91-72(107)63(41-97)92-71(106)61(38-51-15-13-30-81-39-51)93-76(111)77(80,66(101)65-56(78)40-83-95-65)94-73(108)62(87-47(8)100)37-50-20-25-52-16-9-10-17-53(52)34-50/h9-10,13,15-17,20-30,34,39-40,42-44,57-64,82,97H,11-12,14,18-19,31-33,35-38,41,78,80H2,1-8H3,(H2,79,102)(H,83,95)(H,84,109)(H,85,98)(H,86,99)(H,87,100)(H,88,103)(H,89,104)(H,90,105)(H,91,107)(H,92,106)(H,93,111)(H,94,108)/t44-,57+,58+,59-,60+,61-,62-,63+,64+,77-/m1/s1. The zero-order valence-electron chi connectivity index (χ0n) is 63.3. The van der Waals surface area contributed by atoms with Gasteiger partial charge < -0.3 is 85.3 Å². The van der Waals surface area contributed by atoms with Crippen LogP contribution in [0, 0.1) is 5.92 Å². The van der Waals surface area contributed by atoms with Gasteiger partial charge in [-0.3, -0.25) is 82.9 Å². The number of aliphatic hydroxyl groups excluding tert-OH is 1. The van der Waals surface area contributed by atoms with Crippen molar-refractivity contribution >= 4 is 110 Å². The van der Waals surface area contributed by atoms with Gasteiger partial charge in [-0.05, 0) is 121 Å². The number of H-pyrrole nitrogens is 1. The fourth-order valence-corrected chi connectivity index (χ4v) is 12.5. The maximum atomic E-state index is 15.3. The lowest BCUT2D eigenvalue weighted by atomic mass is 9.97. The van der Waals surface area contributed by atoms with E-state index in [-0.39, 0.29) is 74.2 Å². The van der Waals surface area contributed by atoms with Crippen LogP contribution >= 0.6 is 0 Å². The number of ketones is 1. The summed E-state index contributed by atoms with van der Waals surface area (Å²) >= 11 is 0. The SMILES string of the molecule is CC(=O)Nc1ccc(C[C@H](NC(=O)[C@H](CO)NC(=O)[C@@H](Cc2cccnc2)NC(=O)[C@](N)(NC(=O)[C@@H](Cc2ccc3ccccc3c2)NC(C)=O)C(=O)c2n[nH]cc2N)C(=O)N[C@H](Cc2ccc(NC(C)=O)cc2)C(=O)N[C@@H](CC(C)C)C(=O)N[C@@H](CCCCNC(C)C)C(=O)N2CCC[C@H]2C(=O)N[C@H](C)C(N)=O)cc1. The van der Waals surface area contributed by atoms with E-state index in [1.165, 1.54) is 74.5 Å². The molecule has 1 aliphatic rings. The largest absolute Gasteiger partial charge is 0.396 e. The third-order valence-electron chi connectivity index (χ3n) is 18.2. The molecule has 4 aromatic carbocycles. The second kappa shape index (κ2) is 41.0. The molecule has 34 heteroatoms. The van der Waals surface area contributed by atoms with Crippen molar-refractivity contribution in [3.05, 3.63) is 150 Å². The number of aromatic nitrogens is 3. The van der Waals surface area contributed by atoms with E-state index in [2.05, 4.69) is 79.0 Å². The van der Waals surface area contributed by atoms with Gasteiger partial charge >= 0.3 is 0 Å². The minimum Gasteiger partial charge on any atom is -0.396 e. The Balaban J connectivity index is 1.20. The van der Waals surface area contributed by atoms with E-state index in [0.717, 1.165) is 23.9 Å². The molecule has 111 heavy (non-hydrogen) atoms. The van der Waals surface area contributed by atoms with Crippen LogP contribution in [0.2, 0.25) is 0 Å². The molecule has 1 fully saturated rings. The molecule has 0 saturated carbocycles. The summed E-state index contributed by atoms with van der Waals surface area (Å²) in [5.41, 5.74) is 16.6. The first kappa shape index (κ1) is 86.2. The van der Waals surface area contributed by atoms with E-state index >= 15 is 14.4 Å². The molecule has 1 saturated heterocycles. The van der Waals surface area contributed by atoms with Gasteiger partial charge in [0, 0.05) is 89.0 Å². The van der Waals surface area contributed by atoms with E-state index in [1.807, 2.05) is 38.1 Å². The highest BCUT2D eigenvalue weighted by Gasteiger charge is 2.49. The highest BCUT2D eigenvalue weighted by atomic mass is 16.3. The Morgan fingerprint density at radius 3 is 1.63 bits per heavy atom. The third-order valence-corrected chi connectivity index (χ3v) is 18.2. The second-order valence-corrected chi connectivity index (χ2v) is 28.3. The number of Topliss-reactive ketones (excluding diaryl/α,β-unsaturated/α-hetero) is 1. The lowest BCUT2D eigenvalue weighted by Crippen LogP contribution is -2.73. The molecule has 10 atom stereocenters. The summed E-state index contributed by atoms with van der Waals surface area (Å²) in [6.07, 6.45) is 4.38. The van der Waals surface area contributed by atoms with Crippen LogP contribution in [0.1, 0.15) is 127 Å². The smallest absolute Gasteiger partial charge is 0.269 e. The zero-order chi connectivity index (χ0) is 81.2. The molecule has 594 valence electrons. The number of carbonyl (C=O) groups excluding carboxylic acids is 14. The van der Waals surface area contributed by atoms with E-state index in [1.54, 1.807) is 56.3 Å². The highest BCUT2D eigenvalue weighted by Crippen LogP contribution is 2.24. The van der Waals surface area contributed by atoms with Crippen LogP contribution in [0.3, 0.4) is 0 Å². The molecule has 2 aromatic heterocycles. The topological polar surface area (TPSA) is 526 Å². The summed E-state index contributed by atoms with van der Waals surface area (Å²) in [4.78, 5) is 202. The molecular formula is C77H101N19O15. The number of nitrogens with zero attached hydrogens (tertiary/aromatic N) is 3. The van der Waals surface area contributed by atoms with Crippen molar-refractivity contribution < 1.29 is 72.2 Å². The zero-order valence-corrected chi connectivity index (χ0v) is 63.3. The Morgan fingerprint density at radius 1 is 0.577 bits per heavy atom. The number of nitrogens with one attached hydrogen (secondary N) is 13. The van der Waals surface area contributed by atoms with Crippen LogP contribution < -0.4 is 81.0 Å². The number of aromatic amines is 1. The number of amides is 13. The number of hydrogen-bond acceptors (Lipinski definition) is 20. The number of nitrogen functional groups attached to an aromatic ring is 1. The monoisotopic (exact) mass is 1530 g/mol. The number of fused-ring (bicyclic) bond motifs is 1. The number of likely N-dealkylation sites (tertiary alicyclic amines) is 1. The number of rotatable bonds is 40. The molecule has 0 spiro atoms. The van der Waals surface area contributed by atoms with Gasteiger partial charge in [-0.1, -0.05) is 100 Å². The third kappa shape index (κ3) is 25.8. The number of primary amides is 1. The summed E-state index contributed by atoms with van der Waals surface area (Å²) < 4.78 is 0. The number of nitrogens with two attached hydrogens (primary N) is 3. The number of unbranched alkanes of at least 4 members (excludes halogenated alkanes) is 1. The molecule has 6 aromatic rings. The first-order chi connectivity index (χ1) is 52.7. The van der Waals surface area contributed by atoms with Gasteiger partial charge in [-0.2, -0.15) is 5.10 Å². The van der Waals surface area contributed by atoms with Crippen molar-refractivity contribution in [1.29, 1.82) is 0 Å². The number of aliphatic hydroxyl groups is 1. The molecule has 3 heterocycles. The number of benzene rings is 4. The lowest BCUT2D eigenvalue weighted by Gasteiger charge is -2.31. The van der Waals surface area contributed by atoms with Crippen LogP contribution in [-0.4, -0.2) is 194 Å². The van der Waals surface area contributed by atoms with Gasteiger partial charge in [-0.15, -0.1) is 0 Å². The Bertz CT molecular complexity index is 4310. The van der Waals surface area contributed by atoms with Crippen LogP contribution in [0.25, 0.3) is 10.8 Å². The normalized spacial score (nSPS) is 15.3. The molecular weight excluding hydrogens is 1430 g/mol. The number of anilines is 3. The summed E-state index contributed by atoms with van der Waals surface area (Å²) in [6, 6.07) is 14.9. The maximum absolute atomic E-state index is 15.3. The average molecular weight is 1530 g/mol. The van der Waals surface area contributed by atoms with Crippen LogP contribution in [-0.2, 0) is 88.0 Å². The molecule has 0 radical (unpaired) electrons. The summed E-state index contributed by atoms with van der Waals surface area (Å²) in [6.45, 7) is 12.3. The van der Waals surface area contributed by atoms with Crippen LogP contribution in [0.15, 0.2) is 122 Å². The summed E-state index contributed by atoms with van der Waals surface area (Å²) in [5.74, 6) is -12.9. The van der Waals surface area contributed by atoms with Gasteiger partial charge in [0.15, 0.2) is 5.69 Å². The summed E-state index contributed by atoms with van der Waals surface area (Å²) in [5, 5.41) is 50.8. The second-order valence-electron chi connectivity index (χ2n) is 28.3. The molecule has 0 aliphatic carbocycles. The van der Waals surface area contributed by atoms with Crippen LogP contribution in [0.4, 0.5) is 17.1 Å². The molecule has 0 unspecified atom stereocenters. The molecule has 20 N–H and O–H groups in total. The molecule has 7 rings (SSSR count). The highest BCUT2D eigenvalue weighted by molar-refractivity contribution is 6.20. The molecule has 0 bridgehead atoms. The van der Waals surface area contributed by atoms with Gasteiger partial charge in [0.2, 0.25) is 82.3 Å². The van der Waals surface area contributed by atoms with Crippen LogP contribution in [0.5, 0.6) is 0 Å². The van der Waals surface area contributed by atoms with E-state index in [9.17, 15) is 57.8 Å². The van der Waals surface area contributed by atoms with Crippen molar-refractivity contribution in [2.24, 2.45) is 17.4 Å². The van der Waals surface area contributed by atoms with Gasteiger partial charge in [0.05, 0.1) is 12.3 Å². The average Bonchev–Trinajstić information content (AvgIpc) is 1.76. The Morgan fingerprint density at radius 2 is 1.10 bits per heavy atom. The van der Waals surface area contributed by atoms with Crippen molar-refractivity contribution in [3.8, 4) is 0 Å². The lowest BCUT2D eigenvalue weighted by molar-refractivity contribution is -0.142. The van der Waals surface area contributed by atoms with Crippen molar-refractivity contribution in [3.63, 3.8) is 0 Å². The predicted octanol–water partition coefficient (Wildman–Crippen LogP) is -0.0172. The quantitative estimate of drug-likeness (QED) is 0.0104. The van der Waals surface area contributed by atoms with Crippen molar-refractivity contribution in [2.45, 2.75) is 186 Å². The minimum absolute atomic E-state index is 0.00746. The molecule has 34 nitrogen and oxygen atoms in total. The first-order valence-electron chi connectivity index (χ1n) is 36.6. The van der Waals surface area contributed by atoms with Crippen molar-refractivity contribution in [2.75, 3.05) is 36.1 Å². The van der Waals surface area contributed by atoms with Gasteiger partial charge in [0.25, 0.3) is 5.91 Å². The Hall–Kier alpha value is -12.0. The van der Waals surface area contributed by atoms with Crippen molar-refractivity contribution in [1.82, 2.24) is 73.2 Å². The fraction of sp³-hybridized carbons (Fsp3) is 0.429. The van der Waals surface area contributed by atoms with Gasteiger partial charge in [0.1, 0.15) is 54.4 Å². The van der Waals surface area contributed by atoms with E-state index < -0.39 is 155 Å². The van der Waals surface area contributed by atoms with E-state index in [0.29, 0.717) is 53.9 Å². The Kier molecular flexibility index (Phi) is 31.8. The van der Waals surface area contributed by atoms with E-state index in [4.69, 9.17) is 17.2 Å². The first-order valence-corrected chi connectivity index (χ1v) is 36.6. The minimum atomic E-state index is -3.18.